The van der Waals surface area contributed by atoms with Crippen LogP contribution in [0.4, 0.5) is 0 Å². The average molecular weight is 337 g/mol. The molecule has 1 aliphatic rings. The van der Waals surface area contributed by atoms with E-state index in [4.69, 9.17) is 4.74 Å². The van der Waals surface area contributed by atoms with E-state index in [9.17, 15) is 4.79 Å². The maximum absolute atomic E-state index is 12.6. The molecular weight excluding hydrogens is 308 g/mol. The molecule has 0 aliphatic carbocycles. The summed E-state index contributed by atoms with van der Waals surface area (Å²) in [5.74, 6) is 2.43. The highest BCUT2D eigenvalue weighted by atomic mass is 32.2. The summed E-state index contributed by atoms with van der Waals surface area (Å²) in [6.07, 6.45) is 2.60. The van der Waals surface area contributed by atoms with Crippen molar-refractivity contribution in [3.05, 3.63) is 35.9 Å². The Morgan fingerprint density at radius 3 is 2.87 bits per heavy atom. The van der Waals surface area contributed by atoms with Crippen LogP contribution >= 0.6 is 11.8 Å². The largest absolute Gasteiger partial charge is 0.383 e. The van der Waals surface area contributed by atoms with Crippen molar-refractivity contribution in [2.24, 2.45) is 0 Å². The molecule has 0 spiro atoms. The Hall–Kier alpha value is -1.04. The quantitative estimate of drug-likeness (QED) is 0.751. The van der Waals surface area contributed by atoms with Crippen molar-refractivity contribution >= 4 is 17.7 Å². The number of nitrogens with zero attached hydrogens (tertiary/aromatic N) is 1. The molecule has 1 heterocycles. The van der Waals surface area contributed by atoms with Crippen molar-refractivity contribution < 1.29 is 9.53 Å². The highest BCUT2D eigenvalue weighted by molar-refractivity contribution is 7.99. The number of rotatable bonds is 9. The van der Waals surface area contributed by atoms with Crippen LogP contribution in [0.15, 0.2) is 30.3 Å². The first-order valence-corrected chi connectivity index (χ1v) is 9.57. The molecule has 23 heavy (non-hydrogen) atoms. The van der Waals surface area contributed by atoms with Gasteiger partial charge in [0.25, 0.3) is 0 Å². The molecule has 4 nitrogen and oxygen atoms in total. The molecular formula is C18H28N2O2S. The van der Waals surface area contributed by atoms with Crippen LogP contribution in [0.5, 0.6) is 0 Å². The molecule has 0 saturated carbocycles. The second-order valence-electron chi connectivity index (χ2n) is 5.89. The van der Waals surface area contributed by atoms with Crippen LogP contribution in [-0.4, -0.2) is 61.7 Å². The molecule has 1 N–H and O–H groups in total. The molecule has 1 fully saturated rings. The number of carbonyl (C=O) groups is 1. The van der Waals surface area contributed by atoms with Gasteiger partial charge in [-0.3, -0.25) is 4.79 Å². The van der Waals surface area contributed by atoms with Gasteiger partial charge in [0.05, 0.1) is 6.61 Å². The number of hydrogen-bond donors (Lipinski definition) is 1. The number of carbonyl (C=O) groups excluding carboxylic acids is 1. The van der Waals surface area contributed by atoms with Gasteiger partial charge in [0.15, 0.2) is 0 Å². The third-order valence-corrected chi connectivity index (χ3v) is 5.20. The normalized spacial score (nSPS) is 17.9. The first-order valence-electron chi connectivity index (χ1n) is 8.41. The van der Waals surface area contributed by atoms with E-state index in [2.05, 4.69) is 29.6 Å². The lowest BCUT2D eigenvalue weighted by Gasteiger charge is -2.27. The monoisotopic (exact) mass is 336 g/mol. The number of aryl methyl sites for hydroxylation is 1. The number of nitrogens with one attached hydrogen (secondary N) is 1. The average Bonchev–Trinajstić information content (AvgIpc) is 2.59. The van der Waals surface area contributed by atoms with E-state index in [0.717, 1.165) is 37.4 Å². The number of amides is 1. The van der Waals surface area contributed by atoms with Gasteiger partial charge >= 0.3 is 0 Å². The Balaban J connectivity index is 1.78. The zero-order valence-electron chi connectivity index (χ0n) is 14.0. The molecule has 1 aromatic rings. The molecule has 1 unspecified atom stereocenters. The zero-order valence-corrected chi connectivity index (χ0v) is 14.8. The number of methoxy groups -OCH3 is 1. The van der Waals surface area contributed by atoms with Gasteiger partial charge in [-0.05, 0) is 18.4 Å². The van der Waals surface area contributed by atoms with E-state index >= 15 is 0 Å². The fraction of sp³-hybridized carbons (Fsp3) is 0.611. The first-order chi connectivity index (χ1) is 11.3. The lowest BCUT2D eigenvalue weighted by Crippen LogP contribution is -2.43. The maximum Gasteiger partial charge on any atom is 0.224 e. The number of thioether (sulfide) groups is 1. The Morgan fingerprint density at radius 1 is 1.35 bits per heavy atom. The van der Waals surface area contributed by atoms with Gasteiger partial charge in [-0.15, -0.1) is 0 Å². The van der Waals surface area contributed by atoms with Crippen molar-refractivity contribution in [1.29, 1.82) is 0 Å². The van der Waals surface area contributed by atoms with Crippen molar-refractivity contribution in [1.82, 2.24) is 10.2 Å². The minimum absolute atomic E-state index is 0.245. The Morgan fingerprint density at radius 2 is 2.17 bits per heavy atom. The predicted molar refractivity (Wildman–Crippen MR) is 97.0 cm³/mol. The fourth-order valence-electron chi connectivity index (χ4n) is 2.77. The number of hydrogen-bond acceptors (Lipinski definition) is 4. The molecule has 0 aromatic heterocycles. The first kappa shape index (κ1) is 18.3. The summed E-state index contributed by atoms with van der Waals surface area (Å²) >= 11 is 1.93. The van der Waals surface area contributed by atoms with Gasteiger partial charge in [0, 0.05) is 50.7 Å². The number of benzene rings is 1. The van der Waals surface area contributed by atoms with Crippen molar-refractivity contribution in [2.75, 3.05) is 44.9 Å². The van der Waals surface area contributed by atoms with E-state index < -0.39 is 0 Å². The second kappa shape index (κ2) is 10.7. The van der Waals surface area contributed by atoms with E-state index in [0.29, 0.717) is 25.6 Å². The molecule has 0 bridgehead atoms. The molecule has 0 radical (unpaired) electrons. The maximum atomic E-state index is 12.6. The van der Waals surface area contributed by atoms with E-state index in [-0.39, 0.29) is 5.91 Å². The van der Waals surface area contributed by atoms with Crippen LogP contribution in [-0.2, 0) is 16.0 Å². The van der Waals surface area contributed by atoms with Crippen LogP contribution in [0, 0.1) is 0 Å². The molecule has 2 rings (SSSR count). The molecule has 1 amide bonds. The fourth-order valence-corrected chi connectivity index (χ4v) is 3.72. The second-order valence-corrected chi connectivity index (χ2v) is 7.04. The molecule has 5 heteroatoms. The highest BCUT2D eigenvalue weighted by Gasteiger charge is 2.20. The standard InChI is InChI=1S/C18H28N2O2S/c1-22-12-11-20(10-5-8-16-6-3-2-4-7-16)18(21)14-17-15-23-13-9-19-17/h2-4,6-7,17,19H,5,8-15H2,1H3. The molecule has 1 aromatic carbocycles. The zero-order chi connectivity index (χ0) is 16.3. The Labute approximate surface area is 144 Å². The summed E-state index contributed by atoms with van der Waals surface area (Å²) in [6.45, 7) is 3.10. The summed E-state index contributed by atoms with van der Waals surface area (Å²) in [4.78, 5) is 14.5. The van der Waals surface area contributed by atoms with Crippen LogP contribution in [0.25, 0.3) is 0 Å². The molecule has 128 valence electrons. The summed E-state index contributed by atoms with van der Waals surface area (Å²) in [5.41, 5.74) is 1.33. The van der Waals surface area contributed by atoms with Gasteiger partial charge in [-0.2, -0.15) is 11.8 Å². The van der Waals surface area contributed by atoms with Crippen LogP contribution in [0.2, 0.25) is 0 Å². The Kier molecular flexibility index (Phi) is 8.50. The van der Waals surface area contributed by atoms with Crippen molar-refractivity contribution in [3.63, 3.8) is 0 Å². The molecule has 1 saturated heterocycles. The van der Waals surface area contributed by atoms with Crippen LogP contribution in [0.3, 0.4) is 0 Å². The van der Waals surface area contributed by atoms with Crippen molar-refractivity contribution in [2.45, 2.75) is 25.3 Å². The van der Waals surface area contributed by atoms with Gasteiger partial charge in [-0.25, -0.2) is 0 Å². The van der Waals surface area contributed by atoms with Crippen molar-refractivity contribution in [3.8, 4) is 0 Å². The molecule has 1 aliphatic heterocycles. The highest BCUT2D eigenvalue weighted by Crippen LogP contribution is 2.12. The minimum Gasteiger partial charge on any atom is -0.383 e. The summed E-state index contributed by atoms with van der Waals surface area (Å²) < 4.78 is 5.16. The lowest BCUT2D eigenvalue weighted by atomic mass is 10.1. The van der Waals surface area contributed by atoms with Gasteiger partial charge in [0.1, 0.15) is 0 Å². The summed E-state index contributed by atoms with van der Waals surface area (Å²) in [6, 6.07) is 10.8. The summed E-state index contributed by atoms with van der Waals surface area (Å²) in [5, 5.41) is 3.44. The van der Waals surface area contributed by atoms with Gasteiger partial charge < -0.3 is 15.0 Å². The predicted octanol–water partition coefficient (Wildman–Crippen LogP) is 2.19. The SMILES string of the molecule is COCCN(CCCc1ccccc1)C(=O)CC1CSCCN1. The summed E-state index contributed by atoms with van der Waals surface area (Å²) in [7, 11) is 1.69. The topological polar surface area (TPSA) is 41.6 Å². The lowest BCUT2D eigenvalue weighted by molar-refractivity contribution is -0.132. The van der Waals surface area contributed by atoms with E-state index in [1.54, 1.807) is 7.11 Å². The van der Waals surface area contributed by atoms with Gasteiger partial charge in [0.2, 0.25) is 5.91 Å². The smallest absolute Gasteiger partial charge is 0.224 e. The minimum atomic E-state index is 0.245. The van der Waals surface area contributed by atoms with Crippen LogP contribution in [0.1, 0.15) is 18.4 Å². The third kappa shape index (κ3) is 6.94. The van der Waals surface area contributed by atoms with Crippen LogP contribution < -0.4 is 5.32 Å². The third-order valence-electron chi connectivity index (χ3n) is 4.07. The van der Waals surface area contributed by atoms with E-state index in [1.807, 2.05) is 22.7 Å². The Bertz CT molecular complexity index is 450. The van der Waals surface area contributed by atoms with Gasteiger partial charge in [-0.1, -0.05) is 30.3 Å². The van der Waals surface area contributed by atoms with E-state index in [1.165, 1.54) is 5.56 Å². The number of ether oxygens (including phenoxy) is 1. The molecule has 1 atom stereocenters.